The number of imide groups is 1. The highest BCUT2D eigenvalue weighted by atomic mass is 16.5. The van der Waals surface area contributed by atoms with Crippen LogP contribution in [0.25, 0.3) is 0 Å². The summed E-state index contributed by atoms with van der Waals surface area (Å²) in [7, 11) is 0. The zero-order valence-corrected chi connectivity index (χ0v) is 15.6. The van der Waals surface area contributed by atoms with Crippen LogP contribution in [0.15, 0.2) is 42.5 Å². The lowest BCUT2D eigenvalue weighted by Crippen LogP contribution is -2.32. The number of ether oxygens (including phenoxy) is 1. The molecule has 0 aromatic heterocycles. The molecule has 2 amide bonds. The Bertz CT molecular complexity index is 905. The van der Waals surface area contributed by atoms with E-state index in [1.54, 1.807) is 0 Å². The molecule has 0 radical (unpaired) electrons. The maximum atomic E-state index is 12.9. The number of hydrogen-bond acceptors (Lipinski definition) is 3. The molecule has 4 nitrogen and oxygen atoms in total. The lowest BCUT2D eigenvalue weighted by atomic mass is 9.81. The summed E-state index contributed by atoms with van der Waals surface area (Å²) in [5, 5.41) is 0. The molecule has 2 aliphatic carbocycles. The van der Waals surface area contributed by atoms with Crippen molar-refractivity contribution in [3.05, 3.63) is 53.6 Å². The number of amides is 2. The summed E-state index contributed by atoms with van der Waals surface area (Å²) in [6.07, 6.45) is 3.26. The summed E-state index contributed by atoms with van der Waals surface area (Å²) < 4.78 is 5.92. The number of fused-ring (bicyclic) bond motifs is 5. The van der Waals surface area contributed by atoms with Gasteiger partial charge in [-0.2, -0.15) is 0 Å². The molecule has 0 spiro atoms. The SMILES string of the molecule is Cc1ccc(Oc2ccc(N3C(=O)C4C5CCC(C5)C4C3=O)cc2)cc1C. The number of carbonyl (C=O) groups excluding carboxylic acids is 2. The summed E-state index contributed by atoms with van der Waals surface area (Å²) in [6, 6.07) is 13.3. The van der Waals surface area contributed by atoms with Gasteiger partial charge in [0.05, 0.1) is 17.5 Å². The van der Waals surface area contributed by atoms with E-state index in [4.69, 9.17) is 4.74 Å². The van der Waals surface area contributed by atoms with E-state index < -0.39 is 0 Å². The number of carbonyl (C=O) groups is 2. The first-order valence-corrected chi connectivity index (χ1v) is 9.76. The van der Waals surface area contributed by atoms with Crippen LogP contribution < -0.4 is 9.64 Å². The van der Waals surface area contributed by atoms with E-state index in [1.807, 2.05) is 42.5 Å². The fraction of sp³-hybridized carbons (Fsp3) is 0.391. The van der Waals surface area contributed by atoms with Crippen molar-refractivity contribution in [2.75, 3.05) is 4.90 Å². The average Bonchev–Trinajstić information content (AvgIpc) is 3.33. The first kappa shape index (κ1) is 16.5. The summed E-state index contributed by atoms with van der Waals surface area (Å²) in [5.41, 5.74) is 3.06. The van der Waals surface area contributed by atoms with E-state index in [0.717, 1.165) is 25.0 Å². The lowest BCUT2D eigenvalue weighted by molar-refractivity contribution is -0.123. The van der Waals surface area contributed by atoms with Gasteiger partial charge in [0.15, 0.2) is 0 Å². The third-order valence-corrected chi connectivity index (χ3v) is 6.74. The van der Waals surface area contributed by atoms with Crippen molar-refractivity contribution in [3.8, 4) is 11.5 Å². The van der Waals surface area contributed by atoms with Crippen molar-refractivity contribution >= 4 is 17.5 Å². The monoisotopic (exact) mass is 361 g/mol. The molecule has 2 aromatic rings. The highest BCUT2D eigenvalue weighted by molar-refractivity contribution is 6.22. The molecule has 4 heteroatoms. The Morgan fingerprint density at radius 3 is 2.00 bits per heavy atom. The van der Waals surface area contributed by atoms with Gasteiger partial charge in [-0.1, -0.05) is 6.07 Å². The Morgan fingerprint density at radius 2 is 1.41 bits per heavy atom. The van der Waals surface area contributed by atoms with Crippen LogP contribution in [0.4, 0.5) is 5.69 Å². The summed E-state index contributed by atoms with van der Waals surface area (Å²) >= 11 is 0. The number of anilines is 1. The molecular formula is C23H23NO3. The number of rotatable bonds is 3. The normalized spacial score (nSPS) is 28.7. The molecule has 3 aliphatic rings. The van der Waals surface area contributed by atoms with E-state index in [1.165, 1.54) is 16.0 Å². The highest BCUT2D eigenvalue weighted by Crippen LogP contribution is 2.56. The molecule has 0 N–H and O–H groups in total. The van der Waals surface area contributed by atoms with E-state index in [9.17, 15) is 9.59 Å². The van der Waals surface area contributed by atoms with Gasteiger partial charge in [0.2, 0.25) is 11.8 Å². The maximum Gasteiger partial charge on any atom is 0.237 e. The van der Waals surface area contributed by atoms with Crippen LogP contribution in [-0.4, -0.2) is 11.8 Å². The average molecular weight is 361 g/mol. The fourth-order valence-corrected chi connectivity index (χ4v) is 5.24. The quantitative estimate of drug-likeness (QED) is 0.749. The van der Waals surface area contributed by atoms with Crippen LogP contribution in [0, 0.1) is 37.5 Å². The smallest absolute Gasteiger partial charge is 0.237 e. The zero-order chi connectivity index (χ0) is 18.7. The number of nitrogens with zero attached hydrogens (tertiary/aromatic N) is 1. The topological polar surface area (TPSA) is 46.6 Å². The van der Waals surface area contributed by atoms with Gasteiger partial charge in [0, 0.05) is 0 Å². The molecular weight excluding hydrogens is 338 g/mol. The van der Waals surface area contributed by atoms with Gasteiger partial charge in [-0.3, -0.25) is 14.5 Å². The van der Waals surface area contributed by atoms with Crippen LogP contribution in [0.5, 0.6) is 11.5 Å². The van der Waals surface area contributed by atoms with Crippen molar-refractivity contribution < 1.29 is 14.3 Å². The van der Waals surface area contributed by atoms with Crippen molar-refractivity contribution in [1.29, 1.82) is 0 Å². The van der Waals surface area contributed by atoms with Crippen molar-refractivity contribution in [1.82, 2.24) is 0 Å². The van der Waals surface area contributed by atoms with Gasteiger partial charge in [0.25, 0.3) is 0 Å². The van der Waals surface area contributed by atoms with Gasteiger partial charge in [-0.05, 0) is 92.5 Å². The van der Waals surface area contributed by atoms with Crippen LogP contribution in [0.3, 0.4) is 0 Å². The van der Waals surface area contributed by atoms with Crippen LogP contribution in [0.1, 0.15) is 30.4 Å². The minimum Gasteiger partial charge on any atom is -0.457 e. The molecule has 2 aromatic carbocycles. The van der Waals surface area contributed by atoms with Gasteiger partial charge in [-0.25, -0.2) is 0 Å². The predicted octanol–water partition coefficient (Wildman–Crippen LogP) is 4.63. The van der Waals surface area contributed by atoms with Crippen LogP contribution >= 0.6 is 0 Å². The highest BCUT2D eigenvalue weighted by Gasteiger charge is 2.61. The van der Waals surface area contributed by atoms with E-state index >= 15 is 0 Å². The van der Waals surface area contributed by atoms with Crippen LogP contribution in [-0.2, 0) is 9.59 Å². The Morgan fingerprint density at radius 1 is 0.815 bits per heavy atom. The first-order chi connectivity index (χ1) is 13.0. The maximum absolute atomic E-state index is 12.9. The van der Waals surface area contributed by atoms with E-state index in [0.29, 0.717) is 23.3 Å². The molecule has 4 unspecified atom stereocenters. The Balaban J connectivity index is 1.37. The molecule has 2 bridgehead atoms. The Kier molecular flexibility index (Phi) is 3.64. The molecule has 1 heterocycles. The van der Waals surface area contributed by atoms with Crippen molar-refractivity contribution in [2.24, 2.45) is 23.7 Å². The molecule has 138 valence electrons. The molecule has 5 rings (SSSR count). The number of aryl methyl sites for hydroxylation is 2. The van der Waals surface area contributed by atoms with E-state index in [2.05, 4.69) is 13.8 Å². The van der Waals surface area contributed by atoms with Crippen LogP contribution in [0.2, 0.25) is 0 Å². The van der Waals surface area contributed by atoms with Gasteiger partial charge < -0.3 is 4.74 Å². The first-order valence-electron chi connectivity index (χ1n) is 9.76. The molecule has 2 saturated carbocycles. The minimum atomic E-state index is -0.0808. The molecule has 4 atom stereocenters. The van der Waals surface area contributed by atoms with Crippen molar-refractivity contribution in [2.45, 2.75) is 33.1 Å². The third kappa shape index (κ3) is 2.50. The van der Waals surface area contributed by atoms with Gasteiger partial charge >= 0.3 is 0 Å². The second kappa shape index (κ2) is 5.95. The zero-order valence-electron chi connectivity index (χ0n) is 15.6. The van der Waals surface area contributed by atoms with Crippen molar-refractivity contribution in [3.63, 3.8) is 0 Å². The Hall–Kier alpha value is -2.62. The summed E-state index contributed by atoms with van der Waals surface area (Å²) in [5.74, 6) is 2.14. The predicted molar refractivity (Wildman–Crippen MR) is 103 cm³/mol. The number of benzene rings is 2. The standard InChI is InChI=1S/C23H23NO3/c1-13-3-8-19(11-14(13)2)27-18-9-6-17(7-10-18)24-22(25)20-15-4-5-16(12-15)21(20)23(24)26/h3,6-11,15-16,20-21H,4-5,12H2,1-2H3. The molecule has 1 saturated heterocycles. The molecule has 1 aliphatic heterocycles. The summed E-state index contributed by atoms with van der Waals surface area (Å²) in [6.45, 7) is 4.12. The second-order valence-corrected chi connectivity index (χ2v) is 8.24. The third-order valence-electron chi connectivity index (χ3n) is 6.74. The van der Waals surface area contributed by atoms with Gasteiger partial charge in [-0.15, -0.1) is 0 Å². The van der Waals surface area contributed by atoms with Gasteiger partial charge in [0.1, 0.15) is 11.5 Å². The summed E-state index contributed by atoms with van der Waals surface area (Å²) in [4.78, 5) is 27.2. The largest absolute Gasteiger partial charge is 0.457 e. The molecule has 3 fully saturated rings. The molecule has 27 heavy (non-hydrogen) atoms. The number of hydrogen-bond donors (Lipinski definition) is 0. The minimum absolute atomic E-state index is 0.0000257. The fourth-order valence-electron chi connectivity index (χ4n) is 5.24. The Labute approximate surface area is 159 Å². The second-order valence-electron chi connectivity index (χ2n) is 8.24. The lowest BCUT2D eigenvalue weighted by Gasteiger charge is -2.19. The van der Waals surface area contributed by atoms with E-state index in [-0.39, 0.29) is 23.7 Å².